The van der Waals surface area contributed by atoms with Crippen molar-refractivity contribution in [3.8, 4) is 0 Å². The van der Waals surface area contributed by atoms with Gasteiger partial charge in [0.25, 0.3) is 0 Å². The SMILES string of the molecule is CNC(=O)NC[C@H](Cc1ccc(C)cc1)NC(=O)NC[C@H](CCCCN)NC(=O)NC[C@H](C)NC(=O)NC[C@H](C)NC(=O)NC[C@H](CCCCN)NC(=O)NC[C@@H](N)Cc1ccc(C)cc1. The van der Waals surface area contributed by atoms with Gasteiger partial charge in [0.05, 0.1) is 6.04 Å². The van der Waals surface area contributed by atoms with Gasteiger partial charge in [-0.05, 0) is 90.4 Å². The zero-order chi connectivity index (χ0) is 48.7. The molecule has 12 amide bonds. The van der Waals surface area contributed by atoms with Crippen LogP contribution in [0, 0.1) is 13.8 Å². The molecule has 2 aromatic carbocycles. The topological polar surface area (TPSA) is 325 Å². The van der Waals surface area contributed by atoms with Gasteiger partial charge < -0.3 is 81.0 Å². The third-order valence-corrected chi connectivity index (χ3v) is 10.4. The Labute approximate surface area is 390 Å². The van der Waals surface area contributed by atoms with Gasteiger partial charge in [-0.2, -0.15) is 0 Å². The first-order valence-corrected chi connectivity index (χ1v) is 23.0. The third kappa shape index (κ3) is 26.7. The average molecular weight is 926 g/mol. The van der Waals surface area contributed by atoms with Crippen LogP contribution in [0.4, 0.5) is 28.8 Å². The Kier molecular flexibility index (Phi) is 27.7. The van der Waals surface area contributed by atoms with Crippen molar-refractivity contribution < 1.29 is 28.8 Å². The molecule has 0 radical (unpaired) electrons. The molecule has 0 heterocycles. The van der Waals surface area contributed by atoms with E-state index < -0.39 is 48.3 Å². The molecule has 370 valence electrons. The summed E-state index contributed by atoms with van der Waals surface area (Å²) in [7, 11) is 1.51. The smallest absolute Gasteiger partial charge is 0.315 e. The van der Waals surface area contributed by atoms with Gasteiger partial charge in [0.1, 0.15) is 0 Å². The van der Waals surface area contributed by atoms with Crippen molar-refractivity contribution >= 4 is 36.2 Å². The summed E-state index contributed by atoms with van der Waals surface area (Å²) < 4.78 is 0. The summed E-state index contributed by atoms with van der Waals surface area (Å²) in [6.07, 6.45) is 5.27. The van der Waals surface area contributed by atoms with Crippen molar-refractivity contribution in [3.63, 3.8) is 0 Å². The van der Waals surface area contributed by atoms with E-state index in [1.165, 1.54) is 7.05 Å². The lowest BCUT2D eigenvalue weighted by Crippen LogP contribution is -2.54. The highest BCUT2D eigenvalue weighted by molar-refractivity contribution is 5.78. The molecule has 21 nitrogen and oxygen atoms in total. The van der Waals surface area contributed by atoms with Crippen LogP contribution in [0.15, 0.2) is 48.5 Å². The first-order chi connectivity index (χ1) is 31.6. The van der Waals surface area contributed by atoms with Crippen molar-refractivity contribution in [2.45, 2.75) is 115 Å². The number of hydrogen-bond acceptors (Lipinski definition) is 9. The van der Waals surface area contributed by atoms with Gasteiger partial charge in [-0.1, -0.05) is 72.5 Å². The van der Waals surface area contributed by atoms with E-state index in [0.29, 0.717) is 38.8 Å². The normalized spacial score (nSPS) is 13.5. The molecule has 0 saturated heterocycles. The number of nitrogens with one attached hydrogen (secondary N) is 12. The average Bonchev–Trinajstić information content (AvgIpc) is 3.28. The molecular formula is C45H79N15O6. The Hall–Kier alpha value is -6.06. The van der Waals surface area contributed by atoms with Gasteiger partial charge in [-0.3, -0.25) is 0 Å². The van der Waals surface area contributed by atoms with E-state index >= 15 is 0 Å². The number of amides is 12. The number of nitrogens with two attached hydrogens (primary N) is 3. The molecule has 0 fully saturated rings. The molecule has 21 heteroatoms. The third-order valence-electron chi connectivity index (χ3n) is 10.4. The molecular weight excluding hydrogens is 847 g/mol. The van der Waals surface area contributed by atoms with Gasteiger partial charge >= 0.3 is 36.2 Å². The predicted molar refractivity (Wildman–Crippen MR) is 259 cm³/mol. The number of unbranched alkanes of at least 4 members (excludes halogenated alkanes) is 2. The second kappa shape index (κ2) is 32.6. The minimum atomic E-state index is -0.492. The lowest BCUT2D eigenvalue weighted by atomic mass is 10.0. The summed E-state index contributed by atoms with van der Waals surface area (Å²) in [5, 5.41) is 33.5. The van der Waals surface area contributed by atoms with Crippen LogP contribution in [-0.2, 0) is 12.8 Å². The number of carbonyl (C=O) groups excluding carboxylic acids is 6. The van der Waals surface area contributed by atoms with Crippen molar-refractivity contribution in [3.05, 3.63) is 70.8 Å². The van der Waals surface area contributed by atoms with E-state index in [-0.39, 0.29) is 63.4 Å². The quantitative estimate of drug-likeness (QED) is 0.0517. The maximum atomic E-state index is 13.0. The fraction of sp³-hybridized carbons (Fsp3) is 0.600. The van der Waals surface area contributed by atoms with E-state index in [4.69, 9.17) is 17.2 Å². The standard InChI is InChI=1S/C45H79N15O6/c1-30-12-16-34(17-13-30)22-36(48)26-52-44(65)59-37(10-6-8-20-46)27-54-42(63)57-32(3)24-50-41(62)56-33(4)25-51-43(64)58-38(11-7-9-21-47)28-55-45(66)60-39(29-53-40(61)49-5)23-35-18-14-31(2)15-19-35/h12-19,32-33,36-39H,6-11,20-29,46-48H2,1-5H3,(H2,49,53,61)(H2,50,56,62)(H2,51,58,64)(H2,52,59,65)(H2,54,57,63)(H2,55,60,66)/t32-,33-,36-,37-,38-,39-/m0/s1. The summed E-state index contributed by atoms with van der Waals surface area (Å²) >= 11 is 0. The fourth-order valence-corrected chi connectivity index (χ4v) is 6.62. The monoisotopic (exact) mass is 926 g/mol. The highest BCUT2D eigenvalue weighted by Crippen LogP contribution is 2.08. The number of aryl methyl sites for hydroxylation is 2. The molecule has 0 aliphatic rings. The Morgan fingerprint density at radius 1 is 0.455 bits per heavy atom. The van der Waals surface area contributed by atoms with Gasteiger partial charge in [0.15, 0.2) is 0 Å². The van der Waals surface area contributed by atoms with Crippen molar-refractivity contribution in [1.29, 1.82) is 0 Å². The van der Waals surface area contributed by atoms with Gasteiger partial charge in [0.2, 0.25) is 0 Å². The van der Waals surface area contributed by atoms with E-state index in [1.54, 1.807) is 13.8 Å². The molecule has 18 N–H and O–H groups in total. The second-order valence-electron chi connectivity index (χ2n) is 16.8. The summed E-state index contributed by atoms with van der Waals surface area (Å²) in [5.41, 5.74) is 22.0. The molecule has 0 aromatic heterocycles. The Morgan fingerprint density at radius 2 is 0.803 bits per heavy atom. The molecule has 0 unspecified atom stereocenters. The maximum absolute atomic E-state index is 13.0. The van der Waals surface area contributed by atoms with Crippen LogP contribution in [0.25, 0.3) is 0 Å². The van der Waals surface area contributed by atoms with Gasteiger partial charge in [0, 0.05) is 76.5 Å². The predicted octanol–water partition coefficient (Wildman–Crippen LogP) is 0.982. The summed E-state index contributed by atoms with van der Waals surface area (Å²) in [6, 6.07) is 11.0. The van der Waals surface area contributed by atoms with Crippen molar-refractivity contribution in [2.24, 2.45) is 17.2 Å². The van der Waals surface area contributed by atoms with E-state index in [9.17, 15) is 28.8 Å². The van der Waals surface area contributed by atoms with Gasteiger partial charge in [-0.15, -0.1) is 0 Å². The van der Waals surface area contributed by atoms with E-state index in [2.05, 4.69) is 63.8 Å². The van der Waals surface area contributed by atoms with Crippen LogP contribution in [0.5, 0.6) is 0 Å². The summed E-state index contributed by atoms with van der Waals surface area (Å²) in [6.45, 7) is 9.49. The first-order valence-electron chi connectivity index (χ1n) is 23.0. The lowest BCUT2D eigenvalue weighted by Gasteiger charge is -2.23. The number of hydrogen-bond donors (Lipinski definition) is 15. The van der Waals surface area contributed by atoms with Crippen LogP contribution in [0.2, 0.25) is 0 Å². The van der Waals surface area contributed by atoms with E-state index in [1.807, 2.05) is 62.4 Å². The van der Waals surface area contributed by atoms with Crippen LogP contribution < -0.4 is 81.0 Å². The van der Waals surface area contributed by atoms with E-state index in [0.717, 1.165) is 47.9 Å². The number of carbonyl (C=O) groups is 6. The Morgan fingerprint density at radius 3 is 1.23 bits per heavy atom. The van der Waals surface area contributed by atoms with Crippen molar-refractivity contribution in [2.75, 3.05) is 59.4 Å². The summed E-state index contributed by atoms with van der Waals surface area (Å²) in [4.78, 5) is 75.9. The Balaban J connectivity index is 1.75. The zero-order valence-corrected chi connectivity index (χ0v) is 39.6. The fourth-order valence-electron chi connectivity index (χ4n) is 6.62. The van der Waals surface area contributed by atoms with Crippen LogP contribution in [0.1, 0.15) is 74.6 Å². The van der Waals surface area contributed by atoms with Crippen LogP contribution >= 0.6 is 0 Å². The maximum Gasteiger partial charge on any atom is 0.315 e. The molecule has 0 spiro atoms. The molecule has 0 aliphatic carbocycles. The Bertz CT molecular complexity index is 1740. The molecule has 0 saturated carbocycles. The summed E-state index contributed by atoms with van der Waals surface area (Å²) in [5.74, 6) is 0. The molecule has 66 heavy (non-hydrogen) atoms. The van der Waals surface area contributed by atoms with Crippen molar-refractivity contribution in [1.82, 2.24) is 63.8 Å². The second-order valence-corrected chi connectivity index (χ2v) is 16.8. The van der Waals surface area contributed by atoms with Crippen LogP contribution in [0.3, 0.4) is 0 Å². The number of benzene rings is 2. The lowest BCUT2D eigenvalue weighted by molar-refractivity contribution is 0.225. The molecule has 2 rings (SSSR count). The van der Waals surface area contributed by atoms with Gasteiger partial charge in [-0.25, -0.2) is 28.8 Å². The number of urea groups is 6. The zero-order valence-electron chi connectivity index (χ0n) is 39.6. The highest BCUT2D eigenvalue weighted by Gasteiger charge is 2.19. The highest BCUT2D eigenvalue weighted by atomic mass is 16.2. The number of rotatable bonds is 29. The minimum absolute atomic E-state index is 0.108. The molecule has 2 aromatic rings. The minimum Gasteiger partial charge on any atom is -0.341 e. The van der Waals surface area contributed by atoms with Crippen LogP contribution in [-0.4, -0.2) is 132 Å². The first kappa shape index (κ1) is 56.1. The largest absolute Gasteiger partial charge is 0.341 e. The molecule has 0 bridgehead atoms. The molecule has 0 aliphatic heterocycles. The molecule has 6 atom stereocenters.